The minimum atomic E-state index is -3.78. The van der Waals surface area contributed by atoms with Crippen LogP contribution in [-0.2, 0) is 10.0 Å². The van der Waals surface area contributed by atoms with E-state index in [2.05, 4.69) is 4.72 Å². The predicted molar refractivity (Wildman–Crippen MR) is 62.6 cm³/mol. The largest absolute Gasteiger partial charge is 0.396 e. The van der Waals surface area contributed by atoms with E-state index >= 15 is 0 Å². The molecule has 0 aliphatic heterocycles. The number of sulfonamides is 1. The zero-order chi connectivity index (χ0) is 13.2. The van der Waals surface area contributed by atoms with Crippen LogP contribution < -0.4 is 10.5 Å². The SMILES string of the molecule is Cc1cc(F)c(N)c(C)c1S(=O)(=O)NCCO. The molecule has 1 aromatic carbocycles. The Bertz CT molecular complexity index is 529. The van der Waals surface area contributed by atoms with Gasteiger partial charge in [-0.25, -0.2) is 17.5 Å². The highest BCUT2D eigenvalue weighted by atomic mass is 32.2. The molecule has 0 bridgehead atoms. The monoisotopic (exact) mass is 262 g/mol. The molecule has 17 heavy (non-hydrogen) atoms. The highest BCUT2D eigenvalue weighted by Gasteiger charge is 2.22. The lowest BCUT2D eigenvalue weighted by Crippen LogP contribution is -2.28. The number of aliphatic hydroxyl groups is 1. The molecule has 96 valence electrons. The van der Waals surface area contributed by atoms with Crippen LogP contribution in [0.25, 0.3) is 0 Å². The number of hydrogen-bond donors (Lipinski definition) is 3. The maximum atomic E-state index is 13.3. The van der Waals surface area contributed by atoms with Crippen molar-refractivity contribution in [3.63, 3.8) is 0 Å². The minimum Gasteiger partial charge on any atom is -0.396 e. The van der Waals surface area contributed by atoms with E-state index < -0.39 is 15.8 Å². The highest BCUT2D eigenvalue weighted by Crippen LogP contribution is 2.27. The van der Waals surface area contributed by atoms with Gasteiger partial charge in [-0.1, -0.05) is 0 Å². The van der Waals surface area contributed by atoms with Crippen molar-refractivity contribution >= 4 is 15.7 Å². The van der Waals surface area contributed by atoms with Crippen LogP contribution in [-0.4, -0.2) is 26.7 Å². The van der Waals surface area contributed by atoms with Gasteiger partial charge in [-0.05, 0) is 31.0 Å². The Morgan fingerprint density at radius 2 is 2.06 bits per heavy atom. The highest BCUT2D eigenvalue weighted by molar-refractivity contribution is 7.89. The van der Waals surface area contributed by atoms with Crippen LogP contribution in [0.4, 0.5) is 10.1 Å². The molecule has 0 atom stereocenters. The Balaban J connectivity index is 3.37. The number of aliphatic hydroxyl groups excluding tert-OH is 1. The van der Waals surface area contributed by atoms with E-state index in [0.717, 1.165) is 6.07 Å². The predicted octanol–water partition coefficient (Wildman–Crippen LogP) is 0.295. The van der Waals surface area contributed by atoms with Crippen LogP contribution in [0.1, 0.15) is 11.1 Å². The number of nitrogens with two attached hydrogens (primary N) is 1. The molecule has 0 fully saturated rings. The van der Waals surface area contributed by atoms with E-state index in [1.165, 1.54) is 13.8 Å². The zero-order valence-corrected chi connectivity index (χ0v) is 10.4. The van der Waals surface area contributed by atoms with Gasteiger partial charge >= 0.3 is 0 Å². The van der Waals surface area contributed by atoms with Crippen molar-refractivity contribution in [2.45, 2.75) is 18.7 Å². The molecule has 1 rings (SSSR count). The first-order valence-corrected chi connectivity index (χ1v) is 6.45. The van der Waals surface area contributed by atoms with Crippen molar-refractivity contribution in [1.82, 2.24) is 4.72 Å². The molecular formula is C10H15FN2O3S. The Morgan fingerprint density at radius 3 is 2.59 bits per heavy atom. The smallest absolute Gasteiger partial charge is 0.241 e. The fourth-order valence-electron chi connectivity index (χ4n) is 1.60. The van der Waals surface area contributed by atoms with Gasteiger partial charge in [0.1, 0.15) is 5.82 Å². The molecule has 0 aliphatic carbocycles. The number of halogens is 1. The molecule has 1 aromatic rings. The van der Waals surface area contributed by atoms with E-state index in [-0.39, 0.29) is 34.9 Å². The summed E-state index contributed by atoms with van der Waals surface area (Å²) in [5, 5.41) is 8.60. The second-order valence-electron chi connectivity index (χ2n) is 3.66. The lowest BCUT2D eigenvalue weighted by atomic mass is 10.1. The zero-order valence-electron chi connectivity index (χ0n) is 9.62. The van der Waals surface area contributed by atoms with Crippen LogP contribution in [0, 0.1) is 19.7 Å². The lowest BCUT2D eigenvalue weighted by Gasteiger charge is -2.13. The summed E-state index contributed by atoms with van der Waals surface area (Å²) in [6.45, 7) is 2.52. The standard InChI is InChI=1S/C10H15FN2O3S/c1-6-5-8(11)9(12)7(2)10(6)17(15,16)13-3-4-14/h5,13-14H,3-4,12H2,1-2H3. The van der Waals surface area contributed by atoms with Gasteiger partial charge in [-0.3, -0.25) is 0 Å². The minimum absolute atomic E-state index is 0.0372. The molecule has 0 amide bonds. The molecule has 5 nitrogen and oxygen atoms in total. The van der Waals surface area contributed by atoms with Gasteiger partial charge in [0.05, 0.1) is 17.2 Å². The summed E-state index contributed by atoms with van der Waals surface area (Å²) in [5.41, 5.74) is 5.73. The number of nitrogen functional groups attached to an aromatic ring is 1. The Morgan fingerprint density at radius 1 is 1.47 bits per heavy atom. The van der Waals surface area contributed by atoms with Crippen LogP contribution in [0.5, 0.6) is 0 Å². The number of rotatable bonds is 4. The van der Waals surface area contributed by atoms with Crippen molar-refractivity contribution in [3.05, 3.63) is 23.0 Å². The van der Waals surface area contributed by atoms with Crippen LogP contribution in [0.15, 0.2) is 11.0 Å². The van der Waals surface area contributed by atoms with Gasteiger partial charge in [0.25, 0.3) is 0 Å². The third kappa shape index (κ3) is 2.74. The fourth-order valence-corrected chi connectivity index (χ4v) is 3.10. The summed E-state index contributed by atoms with van der Waals surface area (Å²) in [6, 6.07) is 1.08. The quantitative estimate of drug-likeness (QED) is 0.680. The number of anilines is 1. The molecule has 0 radical (unpaired) electrons. The summed E-state index contributed by atoms with van der Waals surface area (Å²) in [7, 11) is -3.78. The van der Waals surface area contributed by atoms with Crippen molar-refractivity contribution in [1.29, 1.82) is 0 Å². The third-order valence-electron chi connectivity index (χ3n) is 2.38. The lowest BCUT2D eigenvalue weighted by molar-refractivity contribution is 0.301. The number of nitrogens with one attached hydrogen (secondary N) is 1. The van der Waals surface area contributed by atoms with E-state index in [1.807, 2.05) is 0 Å². The van der Waals surface area contributed by atoms with Gasteiger partial charge in [-0.2, -0.15) is 0 Å². The average molecular weight is 262 g/mol. The van der Waals surface area contributed by atoms with Crippen molar-refractivity contribution in [3.8, 4) is 0 Å². The molecule has 0 spiro atoms. The van der Waals surface area contributed by atoms with Crippen LogP contribution >= 0.6 is 0 Å². The Labute approximate surface area is 99.5 Å². The van der Waals surface area contributed by atoms with Crippen molar-refractivity contribution in [2.75, 3.05) is 18.9 Å². The second-order valence-corrected chi connectivity index (χ2v) is 5.37. The molecule has 0 unspecified atom stereocenters. The van der Waals surface area contributed by atoms with Crippen molar-refractivity contribution < 1.29 is 17.9 Å². The summed E-state index contributed by atoms with van der Waals surface area (Å²) in [6.07, 6.45) is 0. The van der Waals surface area contributed by atoms with Crippen LogP contribution in [0.2, 0.25) is 0 Å². The summed E-state index contributed by atoms with van der Waals surface area (Å²) >= 11 is 0. The van der Waals surface area contributed by atoms with Gasteiger partial charge in [0.15, 0.2) is 0 Å². The molecule has 4 N–H and O–H groups in total. The summed E-state index contributed by atoms with van der Waals surface area (Å²) < 4.78 is 39.3. The molecule has 0 aromatic heterocycles. The molecular weight excluding hydrogens is 247 g/mol. The molecule has 0 saturated heterocycles. The Hall–Kier alpha value is -1.18. The third-order valence-corrected chi connectivity index (χ3v) is 4.13. The van der Waals surface area contributed by atoms with Crippen LogP contribution in [0.3, 0.4) is 0 Å². The Kier molecular flexibility index (Phi) is 4.07. The number of hydrogen-bond acceptors (Lipinski definition) is 4. The first-order chi connectivity index (χ1) is 7.81. The van der Waals surface area contributed by atoms with Gasteiger partial charge in [-0.15, -0.1) is 0 Å². The van der Waals surface area contributed by atoms with E-state index in [1.54, 1.807) is 0 Å². The van der Waals surface area contributed by atoms with Gasteiger partial charge < -0.3 is 10.8 Å². The molecule has 7 heteroatoms. The average Bonchev–Trinajstić information content (AvgIpc) is 2.23. The van der Waals surface area contributed by atoms with E-state index in [0.29, 0.717) is 0 Å². The maximum absolute atomic E-state index is 13.3. The fraction of sp³-hybridized carbons (Fsp3) is 0.400. The summed E-state index contributed by atoms with van der Waals surface area (Å²) in [5.74, 6) is -0.638. The molecule has 0 saturated carbocycles. The maximum Gasteiger partial charge on any atom is 0.241 e. The normalized spacial score (nSPS) is 11.8. The topological polar surface area (TPSA) is 92.4 Å². The number of aryl methyl sites for hydroxylation is 1. The van der Waals surface area contributed by atoms with Gasteiger partial charge in [0.2, 0.25) is 10.0 Å². The van der Waals surface area contributed by atoms with E-state index in [9.17, 15) is 12.8 Å². The summed E-state index contributed by atoms with van der Waals surface area (Å²) in [4.78, 5) is -0.0372. The molecule has 0 heterocycles. The first-order valence-electron chi connectivity index (χ1n) is 4.97. The first kappa shape index (κ1) is 13.9. The van der Waals surface area contributed by atoms with E-state index in [4.69, 9.17) is 10.8 Å². The van der Waals surface area contributed by atoms with Crippen molar-refractivity contribution in [2.24, 2.45) is 0 Å². The molecule has 0 aliphatic rings. The second kappa shape index (κ2) is 4.99. The number of benzene rings is 1. The van der Waals surface area contributed by atoms with Gasteiger partial charge in [0, 0.05) is 6.54 Å².